The van der Waals surface area contributed by atoms with Gasteiger partial charge < -0.3 is 10.2 Å². The summed E-state index contributed by atoms with van der Waals surface area (Å²) in [6, 6.07) is 3.20. The first-order chi connectivity index (χ1) is 6.43. The van der Waals surface area contributed by atoms with E-state index in [9.17, 15) is 9.90 Å². The molecule has 0 amide bonds. The summed E-state index contributed by atoms with van der Waals surface area (Å²) in [7, 11) is 0. The van der Waals surface area contributed by atoms with Crippen molar-refractivity contribution in [3.05, 3.63) is 27.7 Å². The van der Waals surface area contributed by atoms with E-state index in [0.29, 0.717) is 10.0 Å². The molecule has 0 aliphatic rings. The van der Waals surface area contributed by atoms with E-state index in [1.165, 1.54) is 0 Å². The van der Waals surface area contributed by atoms with E-state index >= 15 is 0 Å². The summed E-state index contributed by atoms with van der Waals surface area (Å²) in [6.07, 6.45) is 0. The molecule has 14 heavy (non-hydrogen) atoms. The standard InChI is InChI=1S/C10H11BrO3/c1-5-3-9(12)8(11)4-7(5)6(2)10(13)14/h3-4,6,12H,1-2H3,(H,13,14). The number of carbonyl (C=O) groups is 1. The van der Waals surface area contributed by atoms with Crippen LogP contribution in [0.2, 0.25) is 0 Å². The molecule has 1 aromatic carbocycles. The Balaban J connectivity index is 3.22. The molecule has 2 N–H and O–H groups in total. The molecule has 1 aromatic rings. The summed E-state index contributed by atoms with van der Waals surface area (Å²) in [5, 5.41) is 18.2. The van der Waals surface area contributed by atoms with Crippen molar-refractivity contribution >= 4 is 21.9 Å². The highest BCUT2D eigenvalue weighted by molar-refractivity contribution is 9.10. The maximum absolute atomic E-state index is 10.8. The number of carboxylic acid groups (broad SMARTS) is 1. The normalized spacial score (nSPS) is 12.5. The molecular formula is C10H11BrO3. The zero-order chi connectivity index (χ0) is 10.9. The van der Waals surface area contributed by atoms with Gasteiger partial charge in [-0.2, -0.15) is 0 Å². The van der Waals surface area contributed by atoms with Crippen molar-refractivity contribution in [1.82, 2.24) is 0 Å². The molecule has 4 heteroatoms. The topological polar surface area (TPSA) is 57.5 Å². The first kappa shape index (κ1) is 11.0. The van der Waals surface area contributed by atoms with Gasteiger partial charge in [-0.05, 0) is 53.0 Å². The number of hydrogen-bond donors (Lipinski definition) is 2. The zero-order valence-corrected chi connectivity index (χ0v) is 9.50. The van der Waals surface area contributed by atoms with Crippen molar-refractivity contribution in [3.63, 3.8) is 0 Å². The lowest BCUT2D eigenvalue weighted by Crippen LogP contribution is -2.08. The van der Waals surface area contributed by atoms with Gasteiger partial charge in [-0.25, -0.2) is 0 Å². The van der Waals surface area contributed by atoms with Gasteiger partial charge in [0.15, 0.2) is 0 Å². The Labute approximate surface area is 90.5 Å². The SMILES string of the molecule is Cc1cc(O)c(Br)cc1C(C)C(=O)O. The minimum atomic E-state index is -0.870. The Morgan fingerprint density at radius 1 is 1.50 bits per heavy atom. The van der Waals surface area contributed by atoms with E-state index in [4.69, 9.17) is 5.11 Å². The molecule has 0 aliphatic heterocycles. The van der Waals surface area contributed by atoms with Crippen LogP contribution in [0, 0.1) is 6.92 Å². The third-order valence-electron chi connectivity index (χ3n) is 2.17. The molecule has 1 atom stereocenters. The summed E-state index contributed by atoms with van der Waals surface area (Å²) >= 11 is 3.15. The van der Waals surface area contributed by atoms with E-state index in [1.54, 1.807) is 26.0 Å². The first-order valence-electron chi connectivity index (χ1n) is 4.15. The molecule has 0 aromatic heterocycles. The van der Waals surface area contributed by atoms with Crippen LogP contribution in [0.15, 0.2) is 16.6 Å². The molecule has 3 nitrogen and oxygen atoms in total. The fourth-order valence-corrected chi connectivity index (χ4v) is 1.64. The van der Waals surface area contributed by atoms with Crippen molar-refractivity contribution in [2.75, 3.05) is 0 Å². The number of benzene rings is 1. The second-order valence-corrected chi connectivity index (χ2v) is 4.07. The maximum Gasteiger partial charge on any atom is 0.310 e. The third-order valence-corrected chi connectivity index (χ3v) is 2.81. The number of carboxylic acids is 1. The van der Waals surface area contributed by atoms with Gasteiger partial charge in [0, 0.05) is 0 Å². The monoisotopic (exact) mass is 258 g/mol. The van der Waals surface area contributed by atoms with Crippen molar-refractivity contribution in [1.29, 1.82) is 0 Å². The molecule has 0 aliphatic carbocycles. The molecule has 0 saturated heterocycles. The number of phenols is 1. The van der Waals surface area contributed by atoms with Crippen LogP contribution in [-0.2, 0) is 4.79 Å². The Hall–Kier alpha value is -1.03. The van der Waals surface area contributed by atoms with Crippen LogP contribution in [0.5, 0.6) is 5.75 Å². The first-order valence-corrected chi connectivity index (χ1v) is 4.94. The number of rotatable bonds is 2. The number of hydrogen-bond acceptors (Lipinski definition) is 2. The number of phenolic OH excluding ortho intramolecular Hbond substituents is 1. The quantitative estimate of drug-likeness (QED) is 0.858. The van der Waals surface area contributed by atoms with Gasteiger partial charge >= 0.3 is 5.97 Å². The van der Waals surface area contributed by atoms with E-state index in [1.807, 2.05) is 0 Å². The highest BCUT2D eigenvalue weighted by Crippen LogP contribution is 2.30. The molecule has 1 unspecified atom stereocenters. The van der Waals surface area contributed by atoms with Crippen LogP contribution < -0.4 is 0 Å². The predicted octanol–water partition coefficient (Wildman–Crippen LogP) is 2.65. The fourth-order valence-electron chi connectivity index (χ4n) is 1.28. The average molecular weight is 259 g/mol. The van der Waals surface area contributed by atoms with Crippen LogP contribution in [0.3, 0.4) is 0 Å². The molecule has 1 rings (SSSR count). The predicted molar refractivity (Wildman–Crippen MR) is 56.6 cm³/mol. The minimum absolute atomic E-state index is 0.129. The number of aromatic hydroxyl groups is 1. The summed E-state index contributed by atoms with van der Waals surface area (Å²) < 4.78 is 0.520. The van der Waals surface area contributed by atoms with Crippen molar-refractivity contribution in [2.45, 2.75) is 19.8 Å². The van der Waals surface area contributed by atoms with Gasteiger partial charge in [0.25, 0.3) is 0 Å². The lowest BCUT2D eigenvalue weighted by atomic mass is 9.96. The van der Waals surface area contributed by atoms with Crippen LogP contribution >= 0.6 is 15.9 Å². The van der Waals surface area contributed by atoms with Crippen molar-refractivity contribution < 1.29 is 15.0 Å². The van der Waals surface area contributed by atoms with Crippen molar-refractivity contribution in [3.8, 4) is 5.75 Å². The Bertz CT molecular complexity index is 374. The Morgan fingerprint density at radius 2 is 2.07 bits per heavy atom. The number of aliphatic carboxylic acids is 1. The van der Waals surface area contributed by atoms with Crippen molar-refractivity contribution in [2.24, 2.45) is 0 Å². The van der Waals surface area contributed by atoms with E-state index in [-0.39, 0.29) is 5.75 Å². The molecule has 0 heterocycles. The Kier molecular flexibility index (Phi) is 3.16. The average Bonchev–Trinajstić information content (AvgIpc) is 2.10. The second-order valence-electron chi connectivity index (χ2n) is 3.22. The summed E-state index contributed by atoms with van der Waals surface area (Å²) in [6.45, 7) is 3.40. The smallest absolute Gasteiger partial charge is 0.310 e. The molecule has 0 saturated carbocycles. The maximum atomic E-state index is 10.8. The fraction of sp³-hybridized carbons (Fsp3) is 0.300. The van der Waals surface area contributed by atoms with Gasteiger partial charge in [0.2, 0.25) is 0 Å². The molecular weight excluding hydrogens is 248 g/mol. The molecule has 76 valence electrons. The molecule has 0 bridgehead atoms. The molecule has 0 spiro atoms. The molecule has 0 radical (unpaired) electrons. The zero-order valence-electron chi connectivity index (χ0n) is 7.91. The third kappa shape index (κ3) is 2.07. The van der Waals surface area contributed by atoms with E-state index in [0.717, 1.165) is 5.56 Å². The second kappa shape index (κ2) is 4.00. The van der Waals surface area contributed by atoms with Gasteiger partial charge in [-0.3, -0.25) is 4.79 Å². The number of halogens is 1. The van der Waals surface area contributed by atoms with Gasteiger partial charge in [-0.1, -0.05) is 0 Å². The highest BCUT2D eigenvalue weighted by atomic mass is 79.9. The number of aryl methyl sites for hydroxylation is 1. The largest absolute Gasteiger partial charge is 0.507 e. The Morgan fingerprint density at radius 3 is 2.57 bits per heavy atom. The van der Waals surface area contributed by atoms with Crippen LogP contribution in [0.4, 0.5) is 0 Å². The minimum Gasteiger partial charge on any atom is -0.507 e. The highest BCUT2D eigenvalue weighted by Gasteiger charge is 2.17. The lowest BCUT2D eigenvalue weighted by molar-refractivity contribution is -0.138. The van der Waals surface area contributed by atoms with E-state index in [2.05, 4.69) is 15.9 Å². The summed E-state index contributed by atoms with van der Waals surface area (Å²) in [5.41, 5.74) is 1.49. The van der Waals surface area contributed by atoms with Gasteiger partial charge in [0.1, 0.15) is 5.75 Å². The van der Waals surface area contributed by atoms with Gasteiger partial charge in [-0.15, -0.1) is 0 Å². The summed E-state index contributed by atoms with van der Waals surface area (Å²) in [5.74, 6) is -1.30. The van der Waals surface area contributed by atoms with Gasteiger partial charge in [0.05, 0.1) is 10.4 Å². The lowest BCUT2D eigenvalue weighted by Gasteiger charge is -2.11. The van der Waals surface area contributed by atoms with Crippen LogP contribution in [-0.4, -0.2) is 16.2 Å². The van der Waals surface area contributed by atoms with Crippen LogP contribution in [0.1, 0.15) is 24.0 Å². The summed E-state index contributed by atoms with van der Waals surface area (Å²) in [4.78, 5) is 10.8. The molecule has 0 fully saturated rings. The van der Waals surface area contributed by atoms with E-state index < -0.39 is 11.9 Å². The van der Waals surface area contributed by atoms with Crippen LogP contribution in [0.25, 0.3) is 0 Å².